The van der Waals surface area contributed by atoms with Crippen molar-refractivity contribution in [3.8, 4) is 0 Å². The quantitative estimate of drug-likeness (QED) is 0.791. The molecule has 0 heterocycles. The molecule has 2 nitrogen and oxygen atoms in total. The molecule has 1 aliphatic rings. The van der Waals surface area contributed by atoms with Crippen LogP contribution < -0.4 is 0 Å². The molecule has 1 saturated carbocycles. The summed E-state index contributed by atoms with van der Waals surface area (Å²) in [4.78, 5) is 0. The van der Waals surface area contributed by atoms with Crippen LogP contribution in [-0.2, 0) is 4.74 Å². The van der Waals surface area contributed by atoms with E-state index in [0.717, 1.165) is 45.1 Å². The number of hydrogen-bond acceptors (Lipinski definition) is 2. The molecule has 1 fully saturated rings. The molecule has 1 N–H and O–H groups in total. The van der Waals surface area contributed by atoms with Crippen molar-refractivity contribution in [2.24, 2.45) is 5.92 Å². The van der Waals surface area contributed by atoms with Gasteiger partial charge in [-0.15, -0.1) is 0 Å². The number of aliphatic hydroxyl groups is 1. The minimum Gasteiger partial charge on any atom is -0.393 e. The Morgan fingerprint density at radius 1 is 1.16 bits per heavy atom. The molecule has 0 aromatic heterocycles. The summed E-state index contributed by atoms with van der Waals surface area (Å²) in [7, 11) is 1.75. The largest absolute Gasteiger partial charge is 0.393 e. The fraction of sp³-hybridized carbons (Fsp3) is 0.647. The van der Waals surface area contributed by atoms with Crippen molar-refractivity contribution in [1.82, 2.24) is 0 Å². The molecule has 1 aromatic carbocycles. The average molecular weight is 262 g/mol. The first kappa shape index (κ1) is 14.5. The molecule has 19 heavy (non-hydrogen) atoms. The van der Waals surface area contributed by atoms with Crippen LogP contribution in [0.25, 0.3) is 0 Å². The number of ether oxygens (including phenoxy) is 1. The lowest BCUT2D eigenvalue weighted by molar-refractivity contribution is 0.0547. The minimum atomic E-state index is -0.0949. The van der Waals surface area contributed by atoms with E-state index in [9.17, 15) is 5.11 Å². The van der Waals surface area contributed by atoms with E-state index >= 15 is 0 Å². The van der Waals surface area contributed by atoms with E-state index in [-0.39, 0.29) is 6.10 Å². The summed E-state index contributed by atoms with van der Waals surface area (Å²) in [6.07, 6.45) is 6.52. The SMILES string of the molecule is COCCCCC1CC(c2ccccc2)CCC1O. The number of methoxy groups -OCH3 is 1. The minimum absolute atomic E-state index is 0.0949. The third-order valence-electron chi connectivity index (χ3n) is 4.39. The highest BCUT2D eigenvalue weighted by Crippen LogP contribution is 2.38. The summed E-state index contributed by atoms with van der Waals surface area (Å²) in [5, 5.41) is 10.2. The highest BCUT2D eigenvalue weighted by atomic mass is 16.5. The van der Waals surface area contributed by atoms with E-state index in [0.29, 0.717) is 11.8 Å². The fourth-order valence-electron chi connectivity index (χ4n) is 3.24. The van der Waals surface area contributed by atoms with Gasteiger partial charge in [0.05, 0.1) is 6.10 Å². The molecule has 3 unspecified atom stereocenters. The van der Waals surface area contributed by atoms with Crippen molar-refractivity contribution in [3.05, 3.63) is 35.9 Å². The van der Waals surface area contributed by atoms with Crippen LogP contribution in [0.5, 0.6) is 0 Å². The van der Waals surface area contributed by atoms with Gasteiger partial charge in [-0.1, -0.05) is 36.8 Å². The summed E-state index contributed by atoms with van der Waals surface area (Å²) in [6, 6.07) is 10.8. The smallest absolute Gasteiger partial charge is 0.0568 e. The molecule has 2 heteroatoms. The summed E-state index contributed by atoms with van der Waals surface area (Å²) < 4.78 is 5.09. The fourth-order valence-corrected chi connectivity index (χ4v) is 3.24. The summed E-state index contributed by atoms with van der Waals surface area (Å²) in [5.41, 5.74) is 1.44. The van der Waals surface area contributed by atoms with Gasteiger partial charge < -0.3 is 9.84 Å². The van der Waals surface area contributed by atoms with E-state index in [1.807, 2.05) is 0 Å². The normalized spacial score (nSPS) is 27.4. The molecule has 0 spiro atoms. The van der Waals surface area contributed by atoms with Crippen molar-refractivity contribution < 1.29 is 9.84 Å². The lowest BCUT2D eigenvalue weighted by Crippen LogP contribution is -2.28. The van der Waals surface area contributed by atoms with E-state index in [2.05, 4.69) is 30.3 Å². The molecule has 3 atom stereocenters. The zero-order valence-electron chi connectivity index (χ0n) is 11.9. The highest BCUT2D eigenvalue weighted by Gasteiger charge is 2.29. The Kier molecular flexibility index (Phi) is 5.87. The summed E-state index contributed by atoms with van der Waals surface area (Å²) >= 11 is 0. The van der Waals surface area contributed by atoms with Crippen molar-refractivity contribution in [2.45, 2.75) is 50.5 Å². The molecule has 0 saturated heterocycles. The number of aliphatic hydroxyl groups excluding tert-OH is 1. The van der Waals surface area contributed by atoms with Crippen LogP contribution in [0.4, 0.5) is 0 Å². The zero-order chi connectivity index (χ0) is 13.5. The van der Waals surface area contributed by atoms with Crippen LogP contribution in [0, 0.1) is 5.92 Å². The topological polar surface area (TPSA) is 29.5 Å². The molecule has 2 rings (SSSR count). The van der Waals surface area contributed by atoms with Gasteiger partial charge in [-0.3, -0.25) is 0 Å². The molecular formula is C17H26O2. The van der Waals surface area contributed by atoms with Crippen LogP contribution in [0.1, 0.15) is 50.0 Å². The maximum atomic E-state index is 10.2. The molecule has 0 radical (unpaired) electrons. The first-order valence-corrected chi connectivity index (χ1v) is 7.53. The monoisotopic (exact) mass is 262 g/mol. The van der Waals surface area contributed by atoms with Gasteiger partial charge in [0, 0.05) is 13.7 Å². The van der Waals surface area contributed by atoms with Gasteiger partial charge in [0.15, 0.2) is 0 Å². The van der Waals surface area contributed by atoms with E-state index in [4.69, 9.17) is 4.74 Å². The second kappa shape index (κ2) is 7.66. The zero-order valence-corrected chi connectivity index (χ0v) is 11.9. The third kappa shape index (κ3) is 4.32. The lowest BCUT2D eigenvalue weighted by Gasteiger charge is -2.33. The van der Waals surface area contributed by atoms with Crippen LogP contribution in [0.2, 0.25) is 0 Å². The summed E-state index contributed by atoms with van der Waals surface area (Å²) in [6.45, 7) is 0.838. The Morgan fingerprint density at radius 2 is 1.95 bits per heavy atom. The Balaban J connectivity index is 1.85. The lowest BCUT2D eigenvalue weighted by atomic mass is 9.74. The van der Waals surface area contributed by atoms with Crippen molar-refractivity contribution >= 4 is 0 Å². The van der Waals surface area contributed by atoms with E-state index in [1.165, 1.54) is 5.56 Å². The van der Waals surface area contributed by atoms with E-state index < -0.39 is 0 Å². The first-order chi connectivity index (χ1) is 9.31. The van der Waals surface area contributed by atoms with Crippen molar-refractivity contribution in [3.63, 3.8) is 0 Å². The van der Waals surface area contributed by atoms with Crippen molar-refractivity contribution in [1.29, 1.82) is 0 Å². The van der Waals surface area contributed by atoms with Gasteiger partial charge in [-0.25, -0.2) is 0 Å². The van der Waals surface area contributed by atoms with Crippen LogP contribution in [0.3, 0.4) is 0 Å². The van der Waals surface area contributed by atoms with Gasteiger partial charge in [-0.05, 0) is 49.5 Å². The Hall–Kier alpha value is -0.860. The summed E-state index contributed by atoms with van der Waals surface area (Å²) in [5.74, 6) is 1.10. The molecule has 0 amide bonds. The maximum absolute atomic E-state index is 10.2. The highest BCUT2D eigenvalue weighted by molar-refractivity contribution is 5.20. The molecule has 106 valence electrons. The molecule has 0 aliphatic heterocycles. The molecule has 1 aromatic rings. The second-order valence-corrected chi connectivity index (χ2v) is 5.74. The third-order valence-corrected chi connectivity index (χ3v) is 4.39. The number of unbranched alkanes of at least 4 members (excludes halogenated alkanes) is 1. The Bertz CT molecular complexity index is 350. The van der Waals surface area contributed by atoms with Gasteiger partial charge >= 0.3 is 0 Å². The van der Waals surface area contributed by atoms with Gasteiger partial charge in [0.2, 0.25) is 0 Å². The van der Waals surface area contributed by atoms with Gasteiger partial charge in [0.1, 0.15) is 0 Å². The van der Waals surface area contributed by atoms with Gasteiger partial charge in [0.25, 0.3) is 0 Å². The second-order valence-electron chi connectivity index (χ2n) is 5.74. The predicted molar refractivity (Wildman–Crippen MR) is 78.3 cm³/mol. The number of rotatable bonds is 6. The van der Waals surface area contributed by atoms with Crippen LogP contribution >= 0.6 is 0 Å². The number of hydrogen-bond donors (Lipinski definition) is 1. The Labute approximate surface area is 116 Å². The Morgan fingerprint density at radius 3 is 2.68 bits per heavy atom. The predicted octanol–water partition coefficient (Wildman–Crippen LogP) is 3.75. The number of benzene rings is 1. The van der Waals surface area contributed by atoms with Crippen LogP contribution in [-0.4, -0.2) is 24.9 Å². The van der Waals surface area contributed by atoms with Crippen molar-refractivity contribution in [2.75, 3.05) is 13.7 Å². The van der Waals surface area contributed by atoms with Gasteiger partial charge in [-0.2, -0.15) is 0 Å². The molecule has 1 aliphatic carbocycles. The first-order valence-electron chi connectivity index (χ1n) is 7.53. The average Bonchev–Trinajstić information content (AvgIpc) is 2.46. The molecular weight excluding hydrogens is 236 g/mol. The van der Waals surface area contributed by atoms with Crippen LogP contribution in [0.15, 0.2) is 30.3 Å². The maximum Gasteiger partial charge on any atom is 0.0568 e. The standard InChI is InChI=1S/C17H26O2/c1-19-12-6-5-9-16-13-15(10-11-17(16)18)14-7-3-2-4-8-14/h2-4,7-8,15-18H,5-6,9-13H2,1H3. The molecule has 0 bridgehead atoms. The van der Waals surface area contributed by atoms with E-state index in [1.54, 1.807) is 7.11 Å².